The topological polar surface area (TPSA) is 60.9 Å². The van der Waals surface area contributed by atoms with Crippen molar-refractivity contribution in [2.45, 2.75) is 17.7 Å². The second-order valence-electron chi connectivity index (χ2n) is 7.25. The van der Waals surface area contributed by atoms with E-state index in [1.54, 1.807) is 24.3 Å². The zero-order chi connectivity index (χ0) is 19.6. The molecule has 2 fully saturated rings. The van der Waals surface area contributed by atoms with Crippen molar-refractivity contribution in [3.05, 3.63) is 60.2 Å². The van der Waals surface area contributed by atoms with Crippen LogP contribution in [-0.2, 0) is 10.0 Å². The highest BCUT2D eigenvalue weighted by Gasteiger charge is 2.29. The van der Waals surface area contributed by atoms with Crippen molar-refractivity contribution in [3.8, 4) is 0 Å². The highest BCUT2D eigenvalue weighted by Crippen LogP contribution is 2.22. The van der Waals surface area contributed by atoms with Crippen molar-refractivity contribution in [1.82, 2.24) is 9.21 Å². The molecule has 0 aromatic heterocycles. The van der Waals surface area contributed by atoms with Crippen LogP contribution in [0.3, 0.4) is 0 Å². The summed E-state index contributed by atoms with van der Waals surface area (Å²) in [6.45, 7) is 3.79. The number of hydrogen-bond acceptors (Lipinski definition) is 4. The number of likely N-dealkylation sites (tertiary alicyclic amines) is 1. The predicted molar refractivity (Wildman–Crippen MR) is 109 cm³/mol. The van der Waals surface area contributed by atoms with E-state index in [9.17, 15) is 13.2 Å². The van der Waals surface area contributed by atoms with Crippen LogP contribution in [0.1, 0.15) is 23.2 Å². The van der Waals surface area contributed by atoms with Crippen LogP contribution >= 0.6 is 0 Å². The minimum Gasteiger partial charge on any atom is -0.369 e. The third-order valence-corrected chi connectivity index (χ3v) is 7.41. The number of benzene rings is 2. The molecule has 4 rings (SSSR count). The van der Waals surface area contributed by atoms with Gasteiger partial charge < -0.3 is 9.80 Å². The Bertz CT molecular complexity index is 915. The van der Waals surface area contributed by atoms with Crippen LogP contribution in [0.4, 0.5) is 5.69 Å². The number of anilines is 1. The SMILES string of the molecule is O=C(c1ccc(S(=O)(=O)N2CCN(c3ccccc3)CC2)cc1)N1CCCC1. The fourth-order valence-corrected chi connectivity index (χ4v) is 5.27. The Labute approximate surface area is 166 Å². The van der Waals surface area contributed by atoms with Crippen LogP contribution in [0.2, 0.25) is 0 Å². The molecular formula is C21H25N3O3S. The number of hydrogen-bond donors (Lipinski definition) is 0. The summed E-state index contributed by atoms with van der Waals surface area (Å²) in [5, 5.41) is 0. The summed E-state index contributed by atoms with van der Waals surface area (Å²) >= 11 is 0. The van der Waals surface area contributed by atoms with E-state index in [1.165, 1.54) is 4.31 Å². The number of sulfonamides is 1. The van der Waals surface area contributed by atoms with Crippen molar-refractivity contribution in [2.75, 3.05) is 44.2 Å². The molecule has 0 saturated carbocycles. The molecule has 0 radical (unpaired) electrons. The Hall–Kier alpha value is -2.38. The van der Waals surface area contributed by atoms with Gasteiger partial charge in [-0.15, -0.1) is 0 Å². The molecule has 2 aromatic carbocycles. The normalized spacial score (nSPS) is 18.4. The molecule has 2 aliphatic rings. The molecule has 2 saturated heterocycles. The summed E-state index contributed by atoms with van der Waals surface area (Å²) in [6.07, 6.45) is 2.07. The van der Waals surface area contributed by atoms with Gasteiger partial charge in [0.15, 0.2) is 0 Å². The standard InChI is InChI=1S/C21H25N3O3S/c25-21(23-12-4-5-13-23)18-8-10-20(11-9-18)28(26,27)24-16-14-22(15-17-24)19-6-2-1-3-7-19/h1-3,6-11H,4-5,12-17H2. The van der Waals surface area contributed by atoms with Gasteiger partial charge in [0.25, 0.3) is 5.91 Å². The fraction of sp³-hybridized carbons (Fsp3) is 0.381. The van der Waals surface area contributed by atoms with Crippen molar-refractivity contribution in [3.63, 3.8) is 0 Å². The number of amides is 1. The molecule has 28 heavy (non-hydrogen) atoms. The molecule has 0 aliphatic carbocycles. The molecule has 0 bridgehead atoms. The Morgan fingerprint density at radius 1 is 0.750 bits per heavy atom. The van der Waals surface area contributed by atoms with Crippen LogP contribution < -0.4 is 4.90 Å². The summed E-state index contributed by atoms with van der Waals surface area (Å²) < 4.78 is 27.5. The first-order valence-electron chi connectivity index (χ1n) is 9.75. The molecule has 0 N–H and O–H groups in total. The third kappa shape index (κ3) is 3.77. The number of nitrogens with zero attached hydrogens (tertiary/aromatic N) is 3. The van der Waals surface area contributed by atoms with Crippen molar-refractivity contribution in [1.29, 1.82) is 0 Å². The first kappa shape index (κ1) is 19.0. The molecule has 0 unspecified atom stereocenters. The average molecular weight is 400 g/mol. The van der Waals surface area contributed by atoms with Crippen LogP contribution in [0, 0.1) is 0 Å². The second kappa shape index (κ2) is 7.93. The van der Waals surface area contributed by atoms with E-state index < -0.39 is 10.0 Å². The molecule has 2 heterocycles. The van der Waals surface area contributed by atoms with Gasteiger partial charge in [0.05, 0.1) is 4.90 Å². The van der Waals surface area contributed by atoms with Gasteiger partial charge in [-0.1, -0.05) is 18.2 Å². The number of carbonyl (C=O) groups is 1. The fourth-order valence-electron chi connectivity index (χ4n) is 3.85. The summed E-state index contributed by atoms with van der Waals surface area (Å²) in [5.74, 6) is -0.0158. The van der Waals surface area contributed by atoms with E-state index in [4.69, 9.17) is 0 Å². The highest BCUT2D eigenvalue weighted by atomic mass is 32.2. The second-order valence-corrected chi connectivity index (χ2v) is 9.19. The molecule has 0 spiro atoms. The number of piperazine rings is 1. The van der Waals surface area contributed by atoms with Gasteiger partial charge in [-0.3, -0.25) is 4.79 Å². The maximum atomic E-state index is 13.0. The maximum Gasteiger partial charge on any atom is 0.253 e. The lowest BCUT2D eigenvalue weighted by Gasteiger charge is -2.35. The molecule has 1 amide bonds. The van der Waals surface area contributed by atoms with Crippen LogP contribution in [-0.4, -0.2) is 62.8 Å². The lowest BCUT2D eigenvalue weighted by molar-refractivity contribution is 0.0792. The lowest BCUT2D eigenvalue weighted by Crippen LogP contribution is -2.48. The third-order valence-electron chi connectivity index (χ3n) is 5.49. The van der Waals surface area contributed by atoms with Gasteiger partial charge in [-0.05, 0) is 49.2 Å². The summed E-state index contributed by atoms with van der Waals surface area (Å²) in [5.41, 5.74) is 1.67. The van der Waals surface area contributed by atoms with Crippen molar-refractivity contribution < 1.29 is 13.2 Å². The van der Waals surface area contributed by atoms with E-state index in [1.807, 2.05) is 35.2 Å². The zero-order valence-corrected chi connectivity index (χ0v) is 16.6. The molecular weight excluding hydrogens is 374 g/mol. The molecule has 0 atom stereocenters. The maximum absolute atomic E-state index is 13.0. The minimum absolute atomic E-state index is 0.0158. The van der Waals surface area contributed by atoms with Gasteiger partial charge in [0.2, 0.25) is 10.0 Å². The summed E-state index contributed by atoms with van der Waals surface area (Å²) in [6, 6.07) is 16.4. The first-order valence-corrected chi connectivity index (χ1v) is 11.2. The van der Waals surface area contributed by atoms with E-state index in [0.717, 1.165) is 31.6 Å². The lowest BCUT2D eigenvalue weighted by atomic mass is 10.2. The van der Waals surface area contributed by atoms with Crippen LogP contribution in [0.15, 0.2) is 59.5 Å². The zero-order valence-electron chi connectivity index (χ0n) is 15.8. The van der Waals surface area contributed by atoms with Gasteiger partial charge in [0, 0.05) is 50.5 Å². The Kier molecular flexibility index (Phi) is 5.37. The molecule has 2 aliphatic heterocycles. The summed E-state index contributed by atoms with van der Waals surface area (Å²) in [4.78, 5) is 16.7. The molecule has 7 heteroatoms. The molecule has 2 aromatic rings. The van der Waals surface area contributed by atoms with Crippen molar-refractivity contribution in [2.24, 2.45) is 0 Å². The largest absolute Gasteiger partial charge is 0.369 e. The number of para-hydroxylation sites is 1. The molecule has 6 nitrogen and oxygen atoms in total. The van der Waals surface area contributed by atoms with Crippen molar-refractivity contribution >= 4 is 21.6 Å². The Balaban J connectivity index is 1.43. The van der Waals surface area contributed by atoms with Gasteiger partial charge in [-0.25, -0.2) is 8.42 Å². The van der Waals surface area contributed by atoms with Gasteiger partial charge in [0.1, 0.15) is 0 Å². The van der Waals surface area contributed by atoms with E-state index in [0.29, 0.717) is 31.7 Å². The first-order chi connectivity index (χ1) is 13.6. The Morgan fingerprint density at radius 3 is 1.96 bits per heavy atom. The van der Waals surface area contributed by atoms with E-state index in [-0.39, 0.29) is 10.8 Å². The smallest absolute Gasteiger partial charge is 0.253 e. The van der Waals surface area contributed by atoms with E-state index >= 15 is 0 Å². The quantitative estimate of drug-likeness (QED) is 0.792. The van der Waals surface area contributed by atoms with Gasteiger partial charge in [-0.2, -0.15) is 4.31 Å². The molecule has 148 valence electrons. The average Bonchev–Trinajstić information content (AvgIpc) is 3.29. The Morgan fingerprint density at radius 2 is 1.36 bits per heavy atom. The predicted octanol–water partition coefficient (Wildman–Crippen LogP) is 2.43. The number of carbonyl (C=O) groups excluding carboxylic acids is 1. The number of rotatable bonds is 4. The van der Waals surface area contributed by atoms with Crippen LogP contribution in [0.25, 0.3) is 0 Å². The minimum atomic E-state index is -3.55. The van der Waals surface area contributed by atoms with Gasteiger partial charge >= 0.3 is 0 Å². The summed E-state index contributed by atoms with van der Waals surface area (Å²) in [7, 11) is -3.55. The van der Waals surface area contributed by atoms with Crippen LogP contribution in [0.5, 0.6) is 0 Å². The monoisotopic (exact) mass is 399 g/mol. The highest BCUT2D eigenvalue weighted by molar-refractivity contribution is 7.89. The van der Waals surface area contributed by atoms with E-state index in [2.05, 4.69) is 4.90 Å².